The van der Waals surface area contributed by atoms with Crippen molar-refractivity contribution in [2.24, 2.45) is 0 Å². The van der Waals surface area contributed by atoms with E-state index >= 15 is 0 Å². The van der Waals surface area contributed by atoms with Crippen LogP contribution in [0.15, 0.2) is 84.9 Å². The Bertz CT molecular complexity index is 1180. The van der Waals surface area contributed by atoms with Gasteiger partial charge in [0.05, 0.1) is 19.8 Å². The van der Waals surface area contributed by atoms with E-state index in [1.807, 2.05) is 66.7 Å². The summed E-state index contributed by atoms with van der Waals surface area (Å²) < 4.78 is 10.8. The second kappa shape index (κ2) is 8.17. The minimum absolute atomic E-state index is 0.247. The van der Waals surface area contributed by atoms with Gasteiger partial charge < -0.3 is 19.5 Å². The van der Waals surface area contributed by atoms with Gasteiger partial charge in [-0.1, -0.05) is 12.1 Å². The zero-order valence-corrected chi connectivity index (χ0v) is 16.7. The molecule has 0 radical (unpaired) electrons. The molecule has 0 atom stereocenters. The van der Waals surface area contributed by atoms with Crippen LogP contribution in [0.3, 0.4) is 0 Å². The molecule has 150 valence electrons. The molecule has 0 aliphatic rings. The van der Waals surface area contributed by atoms with Gasteiger partial charge in [0.2, 0.25) is 0 Å². The first-order valence-corrected chi connectivity index (χ1v) is 9.45. The standard InChI is InChI=1S/C25H21NO4/c1-29-22-13-10-20(11-14-22)26(19-8-6-17(7-9-19)25(27)28)21-12-15-23-18(16-21)4-3-5-24(23)30-2/h3-16H,1-2H3,(H,27,28). The molecule has 5 nitrogen and oxygen atoms in total. The SMILES string of the molecule is COc1ccc(N(c2ccc(C(=O)O)cc2)c2ccc3c(OC)cccc3c2)cc1. The molecule has 0 aliphatic carbocycles. The monoisotopic (exact) mass is 399 g/mol. The molecule has 30 heavy (non-hydrogen) atoms. The van der Waals surface area contributed by atoms with Crippen molar-refractivity contribution in [3.05, 3.63) is 90.5 Å². The molecule has 1 N–H and O–H groups in total. The number of carbonyl (C=O) groups is 1. The number of hydrogen-bond donors (Lipinski definition) is 1. The third kappa shape index (κ3) is 3.65. The number of anilines is 3. The van der Waals surface area contributed by atoms with E-state index < -0.39 is 5.97 Å². The molecule has 0 aromatic heterocycles. The van der Waals surface area contributed by atoms with Crippen molar-refractivity contribution < 1.29 is 19.4 Å². The van der Waals surface area contributed by atoms with Crippen LogP contribution in [-0.2, 0) is 0 Å². The van der Waals surface area contributed by atoms with E-state index in [4.69, 9.17) is 9.47 Å². The van der Waals surface area contributed by atoms with Gasteiger partial charge in [0.15, 0.2) is 0 Å². The van der Waals surface area contributed by atoms with Crippen LogP contribution in [0, 0.1) is 0 Å². The third-order valence-electron chi connectivity index (χ3n) is 5.01. The molecule has 0 unspecified atom stereocenters. The molecule has 0 saturated heterocycles. The van der Waals surface area contributed by atoms with Crippen LogP contribution in [-0.4, -0.2) is 25.3 Å². The number of nitrogens with zero attached hydrogens (tertiary/aromatic N) is 1. The number of methoxy groups -OCH3 is 2. The molecule has 0 bridgehead atoms. The van der Waals surface area contributed by atoms with Gasteiger partial charge in [-0.05, 0) is 78.2 Å². The summed E-state index contributed by atoms with van der Waals surface area (Å²) in [6.45, 7) is 0. The van der Waals surface area contributed by atoms with Gasteiger partial charge in [-0.2, -0.15) is 0 Å². The lowest BCUT2D eigenvalue weighted by Gasteiger charge is -2.26. The van der Waals surface area contributed by atoms with E-state index in [0.29, 0.717) is 0 Å². The number of aromatic carboxylic acids is 1. The predicted molar refractivity (Wildman–Crippen MR) is 119 cm³/mol. The summed E-state index contributed by atoms with van der Waals surface area (Å²) in [6.07, 6.45) is 0. The van der Waals surface area contributed by atoms with E-state index in [0.717, 1.165) is 39.3 Å². The van der Waals surface area contributed by atoms with Crippen LogP contribution in [0.4, 0.5) is 17.1 Å². The van der Waals surface area contributed by atoms with Crippen LogP contribution < -0.4 is 14.4 Å². The van der Waals surface area contributed by atoms with Gasteiger partial charge in [-0.15, -0.1) is 0 Å². The van der Waals surface area contributed by atoms with Gasteiger partial charge in [0.25, 0.3) is 0 Å². The molecule has 0 amide bonds. The number of fused-ring (bicyclic) bond motifs is 1. The van der Waals surface area contributed by atoms with Crippen LogP contribution in [0.25, 0.3) is 10.8 Å². The third-order valence-corrected chi connectivity index (χ3v) is 5.01. The Balaban J connectivity index is 1.85. The smallest absolute Gasteiger partial charge is 0.335 e. The highest BCUT2D eigenvalue weighted by Gasteiger charge is 2.15. The van der Waals surface area contributed by atoms with Gasteiger partial charge in [0, 0.05) is 22.4 Å². The Morgan fingerprint density at radius 1 is 0.767 bits per heavy atom. The summed E-state index contributed by atoms with van der Waals surface area (Å²) in [5, 5.41) is 11.3. The van der Waals surface area contributed by atoms with E-state index in [9.17, 15) is 9.90 Å². The van der Waals surface area contributed by atoms with Gasteiger partial charge in [0.1, 0.15) is 11.5 Å². The van der Waals surface area contributed by atoms with E-state index in [1.54, 1.807) is 26.4 Å². The van der Waals surface area contributed by atoms with Gasteiger partial charge in [-0.25, -0.2) is 4.79 Å². The average Bonchev–Trinajstić information content (AvgIpc) is 2.79. The Labute approximate surface area is 174 Å². The summed E-state index contributed by atoms with van der Waals surface area (Å²) in [7, 11) is 3.30. The largest absolute Gasteiger partial charge is 0.497 e. The molecule has 0 saturated carbocycles. The molecule has 0 fully saturated rings. The lowest BCUT2D eigenvalue weighted by molar-refractivity contribution is 0.0697. The number of ether oxygens (including phenoxy) is 2. The first-order chi connectivity index (χ1) is 14.6. The van der Waals surface area contributed by atoms with Crippen molar-refractivity contribution in [2.75, 3.05) is 19.1 Å². The quantitative estimate of drug-likeness (QED) is 0.429. The Hall–Kier alpha value is -3.99. The number of rotatable bonds is 6. The molecule has 4 aromatic rings. The summed E-state index contributed by atoms with van der Waals surface area (Å²) in [6, 6.07) is 26.7. The maximum atomic E-state index is 11.3. The summed E-state index contributed by atoms with van der Waals surface area (Å²) in [5.74, 6) is 0.638. The topological polar surface area (TPSA) is 59.0 Å². The number of benzene rings is 4. The predicted octanol–water partition coefficient (Wildman–Crippen LogP) is 6.03. The lowest BCUT2D eigenvalue weighted by Crippen LogP contribution is -2.10. The number of hydrogen-bond acceptors (Lipinski definition) is 4. The minimum Gasteiger partial charge on any atom is -0.497 e. The Kier molecular flexibility index (Phi) is 5.26. The zero-order valence-electron chi connectivity index (χ0n) is 16.7. The molecule has 5 heteroatoms. The van der Waals surface area contributed by atoms with Gasteiger partial charge >= 0.3 is 5.97 Å². The summed E-state index contributed by atoms with van der Waals surface area (Å²) in [4.78, 5) is 13.3. The van der Waals surface area contributed by atoms with Crippen molar-refractivity contribution >= 4 is 33.8 Å². The van der Waals surface area contributed by atoms with E-state index in [1.165, 1.54) is 0 Å². The summed E-state index contributed by atoms with van der Waals surface area (Å²) >= 11 is 0. The number of carboxylic acids is 1. The fraction of sp³-hybridized carbons (Fsp3) is 0.0800. The number of carboxylic acid groups (broad SMARTS) is 1. The highest BCUT2D eigenvalue weighted by molar-refractivity contribution is 5.93. The van der Waals surface area contributed by atoms with Crippen LogP contribution in [0.1, 0.15) is 10.4 Å². The van der Waals surface area contributed by atoms with Crippen molar-refractivity contribution in [3.63, 3.8) is 0 Å². The molecule has 0 spiro atoms. The van der Waals surface area contributed by atoms with Crippen LogP contribution in [0.2, 0.25) is 0 Å². The van der Waals surface area contributed by atoms with Crippen molar-refractivity contribution in [1.82, 2.24) is 0 Å². The lowest BCUT2D eigenvalue weighted by atomic mass is 10.1. The Morgan fingerprint density at radius 3 is 2.00 bits per heavy atom. The highest BCUT2D eigenvalue weighted by atomic mass is 16.5. The molecule has 4 aromatic carbocycles. The molecule has 0 aliphatic heterocycles. The fourth-order valence-electron chi connectivity index (χ4n) is 3.49. The van der Waals surface area contributed by atoms with E-state index in [-0.39, 0.29) is 5.56 Å². The molecule has 0 heterocycles. The molecule has 4 rings (SSSR count). The van der Waals surface area contributed by atoms with Crippen LogP contribution in [0.5, 0.6) is 11.5 Å². The van der Waals surface area contributed by atoms with Crippen molar-refractivity contribution in [1.29, 1.82) is 0 Å². The maximum absolute atomic E-state index is 11.3. The van der Waals surface area contributed by atoms with Crippen molar-refractivity contribution in [2.45, 2.75) is 0 Å². The molecular formula is C25H21NO4. The zero-order chi connectivity index (χ0) is 21.1. The van der Waals surface area contributed by atoms with Crippen molar-refractivity contribution in [3.8, 4) is 11.5 Å². The second-order valence-electron chi connectivity index (χ2n) is 6.75. The molecular weight excluding hydrogens is 378 g/mol. The Morgan fingerprint density at radius 2 is 1.40 bits per heavy atom. The fourth-order valence-corrected chi connectivity index (χ4v) is 3.49. The first-order valence-electron chi connectivity index (χ1n) is 9.45. The maximum Gasteiger partial charge on any atom is 0.335 e. The summed E-state index contributed by atoms with van der Waals surface area (Å²) in [5.41, 5.74) is 2.98. The van der Waals surface area contributed by atoms with Crippen LogP contribution >= 0.6 is 0 Å². The average molecular weight is 399 g/mol. The van der Waals surface area contributed by atoms with E-state index in [2.05, 4.69) is 11.0 Å². The minimum atomic E-state index is -0.949. The normalized spacial score (nSPS) is 10.6. The highest BCUT2D eigenvalue weighted by Crippen LogP contribution is 2.38. The second-order valence-corrected chi connectivity index (χ2v) is 6.75. The first kappa shape index (κ1) is 19.3. The van der Waals surface area contributed by atoms with Gasteiger partial charge in [-0.3, -0.25) is 0 Å².